The Balaban J connectivity index is 2.79. The van der Waals surface area contributed by atoms with Crippen LogP contribution < -0.4 is 5.32 Å². The van der Waals surface area contributed by atoms with Crippen LogP contribution in [0, 0.1) is 11.8 Å². The molecule has 0 aromatic rings. The first-order chi connectivity index (χ1) is 7.84. The fourth-order valence-electron chi connectivity index (χ4n) is 2.22. The summed E-state index contributed by atoms with van der Waals surface area (Å²) in [5.41, 5.74) is 0. The van der Waals surface area contributed by atoms with Gasteiger partial charge in [-0.1, -0.05) is 50.9 Å². The van der Waals surface area contributed by atoms with Gasteiger partial charge in [0, 0.05) is 25.2 Å². The second-order valence-corrected chi connectivity index (χ2v) is 6.46. The van der Waals surface area contributed by atoms with Crippen molar-refractivity contribution >= 4 is 29.1 Å². The summed E-state index contributed by atoms with van der Waals surface area (Å²) in [4.78, 5) is 12.9. The number of carbonyl (C=O) groups is 1. The SMILES string of the molecule is CC(C)C1CN(C(=O)C(Cl)Cl)C(C(C)C)CN1. The minimum Gasteiger partial charge on any atom is -0.334 e. The molecule has 2 unspecified atom stereocenters. The Morgan fingerprint density at radius 2 is 1.82 bits per heavy atom. The third kappa shape index (κ3) is 3.73. The van der Waals surface area contributed by atoms with Crippen LogP contribution in [0.2, 0.25) is 0 Å². The molecule has 3 nitrogen and oxygen atoms in total. The summed E-state index contributed by atoms with van der Waals surface area (Å²) in [6, 6.07) is 0.499. The molecule has 0 aromatic heterocycles. The van der Waals surface area contributed by atoms with Crippen molar-refractivity contribution in [2.45, 2.75) is 44.6 Å². The maximum absolute atomic E-state index is 12.0. The molecule has 1 heterocycles. The Morgan fingerprint density at radius 3 is 2.24 bits per heavy atom. The largest absolute Gasteiger partial charge is 0.334 e. The average molecular weight is 281 g/mol. The molecule has 1 N–H and O–H groups in total. The molecule has 1 fully saturated rings. The van der Waals surface area contributed by atoms with Crippen molar-refractivity contribution in [2.24, 2.45) is 11.8 Å². The first-order valence-electron chi connectivity index (χ1n) is 6.16. The van der Waals surface area contributed by atoms with Gasteiger partial charge in [-0.2, -0.15) is 0 Å². The Hall–Kier alpha value is 0.01000. The second kappa shape index (κ2) is 6.26. The Labute approximate surface area is 114 Å². The number of rotatable bonds is 3. The summed E-state index contributed by atoms with van der Waals surface area (Å²) < 4.78 is 0. The van der Waals surface area contributed by atoms with Gasteiger partial charge in [0.1, 0.15) is 0 Å². The number of halogens is 2. The van der Waals surface area contributed by atoms with Crippen LogP contribution in [0.25, 0.3) is 0 Å². The van der Waals surface area contributed by atoms with E-state index in [2.05, 4.69) is 33.0 Å². The fraction of sp³-hybridized carbons (Fsp3) is 0.917. The van der Waals surface area contributed by atoms with E-state index in [1.807, 2.05) is 4.90 Å². The molecule has 1 aliphatic rings. The third-order valence-electron chi connectivity index (χ3n) is 3.43. The highest BCUT2D eigenvalue weighted by Gasteiger charge is 2.35. The van der Waals surface area contributed by atoms with Crippen LogP contribution in [0.5, 0.6) is 0 Å². The first-order valence-corrected chi connectivity index (χ1v) is 7.03. The molecule has 1 aliphatic heterocycles. The van der Waals surface area contributed by atoms with E-state index in [-0.39, 0.29) is 11.9 Å². The van der Waals surface area contributed by atoms with Gasteiger partial charge in [-0.05, 0) is 11.8 Å². The maximum Gasteiger partial charge on any atom is 0.256 e. The molecule has 1 amide bonds. The van der Waals surface area contributed by atoms with E-state index in [0.29, 0.717) is 24.4 Å². The molecule has 0 spiro atoms. The molecular formula is C12H22Cl2N2O. The van der Waals surface area contributed by atoms with Crippen molar-refractivity contribution in [1.29, 1.82) is 0 Å². The number of alkyl halides is 2. The standard InChI is InChI=1S/C12H22Cl2N2O/c1-7(2)9-6-16(12(17)11(13)14)10(5-15-9)8(3)4/h7-11,15H,5-6H2,1-4H3. The van der Waals surface area contributed by atoms with Crippen LogP contribution in [0.3, 0.4) is 0 Å². The van der Waals surface area contributed by atoms with E-state index < -0.39 is 4.84 Å². The number of nitrogens with one attached hydrogen (secondary N) is 1. The molecule has 0 aliphatic carbocycles. The summed E-state index contributed by atoms with van der Waals surface area (Å²) in [6.07, 6.45) is 0. The predicted molar refractivity (Wildman–Crippen MR) is 72.5 cm³/mol. The molecule has 2 atom stereocenters. The molecule has 5 heteroatoms. The van der Waals surface area contributed by atoms with E-state index in [1.54, 1.807) is 0 Å². The maximum atomic E-state index is 12.0. The highest BCUT2D eigenvalue weighted by molar-refractivity contribution is 6.53. The number of hydrogen-bond donors (Lipinski definition) is 1. The van der Waals surface area contributed by atoms with E-state index in [4.69, 9.17) is 23.2 Å². The minimum atomic E-state index is -0.956. The summed E-state index contributed by atoms with van der Waals surface area (Å²) in [7, 11) is 0. The Bertz CT molecular complexity index is 269. The topological polar surface area (TPSA) is 32.3 Å². The van der Waals surface area contributed by atoms with Crippen LogP contribution in [0.4, 0.5) is 0 Å². The van der Waals surface area contributed by atoms with Crippen molar-refractivity contribution < 1.29 is 4.79 Å². The summed E-state index contributed by atoms with van der Waals surface area (Å²) in [6.45, 7) is 10.0. The average Bonchev–Trinajstić information content (AvgIpc) is 2.26. The normalized spacial score (nSPS) is 26.1. The quantitative estimate of drug-likeness (QED) is 0.805. The molecule has 0 aromatic carbocycles. The van der Waals surface area contributed by atoms with Crippen LogP contribution in [0.1, 0.15) is 27.7 Å². The van der Waals surface area contributed by atoms with Crippen LogP contribution in [-0.4, -0.2) is 40.8 Å². The van der Waals surface area contributed by atoms with Crippen LogP contribution >= 0.6 is 23.2 Å². The Morgan fingerprint density at radius 1 is 1.24 bits per heavy atom. The first kappa shape index (κ1) is 15.1. The van der Waals surface area contributed by atoms with Gasteiger partial charge < -0.3 is 10.2 Å². The second-order valence-electron chi connectivity index (χ2n) is 5.36. The third-order valence-corrected chi connectivity index (χ3v) is 3.80. The van der Waals surface area contributed by atoms with Gasteiger partial charge in [0.2, 0.25) is 0 Å². The number of amides is 1. The molecule has 1 saturated heterocycles. The zero-order valence-electron chi connectivity index (χ0n) is 10.9. The molecule has 1 rings (SSSR count). The highest BCUT2D eigenvalue weighted by Crippen LogP contribution is 2.21. The van der Waals surface area contributed by atoms with Crippen molar-refractivity contribution in [3.8, 4) is 0 Å². The number of hydrogen-bond acceptors (Lipinski definition) is 2. The van der Waals surface area contributed by atoms with Gasteiger partial charge in [0.05, 0.1) is 0 Å². The minimum absolute atomic E-state index is 0.167. The lowest BCUT2D eigenvalue weighted by Gasteiger charge is -2.43. The number of carbonyl (C=O) groups excluding carboxylic acids is 1. The summed E-state index contributed by atoms with van der Waals surface area (Å²) in [5, 5.41) is 3.49. The molecule has 0 saturated carbocycles. The van der Waals surface area contributed by atoms with E-state index in [9.17, 15) is 4.79 Å². The predicted octanol–water partition coefficient (Wildman–Crippen LogP) is 2.27. The van der Waals surface area contributed by atoms with Crippen molar-refractivity contribution in [2.75, 3.05) is 13.1 Å². The number of piperazine rings is 1. The lowest BCUT2D eigenvalue weighted by Crippen LogP contribution is -2.62. The van der Waals surface area contributed by atoms with E-state index >= 15 is 0 Å². The lowest BCUT2D eigenvalue weighted by atomic mass is 9.94. The lowest BCUT2D eigenvalue weighted by molar-refractivity contribution is -0.134. The van der Waals surface area contributed by atoms with Gasteiger partial charge in [-0.25, -0.2) is 0 Å². The smallest absolute Gasteiger partial charge is 0.256 e. The summed E-state index contributed by atoms with van der Waals surface area (Å²) >= 11 is 11.4. The van der Waals surface area contributed by atoms with Crippen LogP contribution in [-0.2, 0) is 4.79 Å². The van der Waals surface area contributed by atoms with Gasteiger partial charge >= 0.3 is 0 Å². The van der Waals surface area contributed by atoms with Crippen molar-refractivity contribution in [3.63, 3.8) is 0 Å². The van der Waals surface area contributed by atoms with E-state index in [0.717, 1.165) is 6.54 Å². The zero-order chi connectivity index (χ0) is 13.2. The molecule has 0 bridgehead atoms. The summed E-state index contributed by atoms with van der Waals surface area (Å²) in [5.74, 6) is 0.716. The van der Waals surface area contributed by atoms with Crippen LogP contribution in [0.15, 0.2) is 0 Å². The van der Waals surface area contributed by atoms with Gasteiger partial charge in [0.25, 0.3) is 5.91 Å². The van der Waals surface area contributed by atoms with Gasteiger partial charge in [0.15, 0.2) is 4.84 Å². The van der Waals surface area contributed by atoms with Crippen molar-refractivity contribution in [3.05, 3.63) is 0 Å². The monoisotopic (exact) mass is 280 g/mol. The number of nitrogens with zero attached hydrogens (tertiary/aromatic N) is 1. The Kier molecular flexibility index (Phi) is 5.55. The molecule has 100 valence electrons. The van der Waals surface area contributed by atoms with E-state index in [1.165, 1.54) is 0 Å². The van der Waals surface area contributed by atoms with Gasteiger partial charge in [-0.15, -0.1) is 0 Å². The molecule has 0 radical (unpaired) electrons. The zero-order valence-corrected chi connectivity index (χ0v) is 12.4. The fourth-order valence-corrected chi connectivity index (χ4v) is 2.47. The molecular weight excluding hydrogens is 259 g/mol. The highest BCUT2D eigenvalue weighted by atomic mass is 35.5. The molecule has 17 heavy (non-hydrogen) atoms. The van der Waals surface area contributed by atoms with Gasteiger partial charge in [-0.3, -0.25) is 4.79 Å². The van der Waals surface area contributed by atoms with Crippen molar-refractivity contribution in [1.82, 2.24) is 10.2 Å².